The number of morpholine rings is 1. The lowest BCUT2D eigenvalue weighted by Gasteiger charge is -2.27. The summed E-state index contributed by atoms with van der Waals surface area (Å²) >= 11 is 0. The number of hydrogen-bond acceptors (Lipinski definition) is 5. The summed E-state index contributed by atoms with van der Waals surface area (Å²) in [5, 5.41) is 0. The number of carbonyl (C=O) groups is 2. The normalized spacial score (nSPS) is 15.0. The molecule has 6 nitrogen and oxygen atoms in total. The van der Waals surface area contributed by atoms with Crippen LogP contribution in [-0.2, 0) is 32.0 Å². The Morgan fingerprint density at radius 1 is 0.926 bits per heavy atom. The van der Waals surface area contributed by atoms with Gasteiger partial charge in [-0.25, -0.2) is 9.59 Å². The fraction of sp³-hybridized carbons (Fsp3) is 0.333. The van der Waals surface area contributed by atoms with Crippen LogP contribution in [0.15, 0.2) is 60.7 Å². The van der Waals surface area contributed by atoms with E-state index in [0.717, 1.165) is 11.1 Å². The number of esters is 1. The van der Waals surface area contributed by atoms with E-state index in [1.54, 1.807) is 4.90 Å². The molecule has 27 heavy (non-hydrogen) atoms. The summed E-state index contributed by atoms with van der Waals surface area (Å²) in [5.74, 6) is -0.552. The molecule has 2 aromatic carbocycles. The first-order valence-corrected chi connectivity index (χ1v) is 9.00. The Bertz CT molecular complexity index is 729. The molecule has 0 unspecified atom stereocenters. The molecule has 1 aliphatic heterocycles. The minimum Gasteiger partial charge on any atom is -0.458 e. The minimum absolute atomic E-state index is 0.139. The molecule has 3 rings (SSSR count). The third kappa shape index (κ3) is 5.82. The first-order chi connectivity index (χ1) is 13.2. The van der Waals surface area contributed by atoms with Crippen LogP contribution in [0, 0.1) is 0 Å². The molecule has 0 aliphatic carbocycles. The number of carbonyl (C=O) groups excluding carboxylic acids is 2. The number of hydrogen-bond donors (Lipinski definition) is 0. The molecule has 1 fully saturated rings. The Morgan fingerprint density at radius 2 is 1.52 bits per heavy atom. The molecule has 1 atom stereocenters. The number of amides is 1. The molecule has 0 bridgehead atoms. The van der Waals surface area contributed by atoms with Crippen molar-refractivity contribution in [3.05, 3.63) is 71.8 Å². The van der Waals surface area contributed by atoms with Gasteiger partial charge in [-0.15, -0.1) is 0 Å². The topological polar surface area (TPSA) is 65.1 Å². The Balaban J connectivity index is 1.64. The fourth-order valence-electron chi connectivity index (χ4n) is 2.77. The minimum atomic E-state index is -0.994. The predicted molar refractivity (Wildman–Crippen MR) is 99.0 cm³/mol. The molecule has 1 saturated heterocycles. The van der Waals surface area contributed by atoms with Gasteiger partial charge in [0.2, 0.25) is 6.10 Å². The largest absolute Gasteiger partial charge is 0.458 e. The predicted octanol–water partition coefficient (Wildman–Crippen LogP) is 2.81. The van der Waals surface area contributed by atoms with Crippen LogP contribution in [0.1, 0.15) is 11.1 Å². The van der Waals surface area contributed by atoms with Crippen LogP contribution in [0.25, 0.3) is 0 Å². The standard InChI is InChI=1S/C21H23NO5/c23-20(26-16-18-9-5-2-6-10-18)19(15-17-7-3-1-4-8-17)27-21(24)22-11-13-25-14-12-22/h1-10,19H,11-16H2/t19-/m0/s1. The van der Waals surface area contributed by atoms with Crippen LogP contribution in [0.5, 0.6) is 0 Å². The van der Waals surface area contributed by atoms with Gasteiger partial charge in [-0.2, -0.15) is 0 Å². The van der Waals surface area contributed by atoms with Crippen molar-refractivity contribution in [3.63, 3.8) is 0 Å². The van der Waals surface area contributed by atoms with Crippen LogP contribution < -0.4 is 0 Å². The van der Waals surface area contributed by atoms with Gasteiger partial charge >= 0.3 is 12.1 Å². The maximum absolute atomic E-state index is 12.6. The van der Waals surface area contributed by atoms with E-state index in [9.17, 15) is 9.59 Å². The van der Waals surface area contributed by atoms with Gasteiger partial charge < -0.3 is 19.1 Å². The van der Waals surface area contributed by atoms with Gasteiger partial charge in [0.1, 0.15) is 6.61 Å². The van der Waals surface area contributed by atoms with Crippen molar-refractivity contribution in [1.82, 2.24) is 4.90 Å². The summed E-state index contributed by atoms with van der Waals surface area (Å²) in [6.45, 7) is 1.99. The first-order valence-electron chi connectivity index (χ1n) is 9.00. The van der Waals surface area contributed by atoms with Crippen molar-refractivity contribution in [3.8, 4) is 0 Å². The van der Waals surface area contributed by atoms with Crippen molar-refractivity contribution in [1.29, 1.82) is 0 Å². The number of ether oxygens (including phenoxy) is 3. The Morgan fingerprint density at radius 3 is 2.15 bits per heavy atom. The van der Waals surface area contributed by atoms with E-state index in [2.05, 4.69) is 0 Å². The van der Waals surface area contributed by atoms with Crippen LogP contribution >= 0.6 is 0 Å². The van der Waals surface area contributed by atoms with Gasteiger partial charge in [0.15, 0.2) is 0 Å². The summed E-state index contributed by atoms with van der Waals surface area (Å²) < 4.78 is 16.1. The van der Waals surface area contributed by atoms with Crippen LogP contribution in [0.2, 0.25) is 0 Å². The Labute approximate surface area is 158 Å². The maximum Gasteiger partial charge on any atom is 0.410 e. The highest BCUT2D eigenvalue weighted by atomic mass is 16.6. The van der Waals surface area contributed by atoms with E-state index in [1.807, 2.05) is 60.7 Å². The molecule has 0 radical (unpaired) electrons. The molecule has 0 aromatic heterocycles. The molecule has 1 aliphatic rings. The summed E-state index contributed by atoms with van der Waals surface area (Å²) in [5.41, 5.74) is 1.78. The van der Waals surface area contributed by atoms with Crippen LogP contribution in [0.3, 0.4) is 0 Å². The van der Waals surface area contributed by atoms with E-state index < -0.39 is 18.2 Å². The zero-order chi connectivity index (χ0) is 18.9. The van der Waals surface area contributed by atoms with E-state index in [0.29, 0.717) is 26.3 Å². The van der Waals surface area contributed by atoms with E-state index in [4.69, 9.17) is 14.2 Å². The molecule has 2 aromatic rings. The molecular formula is C21H23NO5. The Kier molecular flexibility index (Phi) is 6.82. The van der Waals surface area contributed by atoms with Crippen molar-refractivity contribution >= 4 is 12.1 Å². The second kappa shape index (κ2) is 9.73. The smallest absolute Gasteiger partial charge is 0.410 e. The zero-order valence-corrected chi connectivity index (χ0v) is 15.1. The highest BCUT2D eigenvalue weighted by Gasteiger charge is 2.28. The van der Waals surface area contributed by atoms with E-state index >= 15 is 0 Å². The molecule has 1 heterocycles. The average molecular weight is 369 g/mol. The lowest BCUT2D eigenvalue weighted by Crippen LogP contribution is -2.44. The molecule has 0 saturated carbocycles. The summed E-state index contributed by atoms with van der Waals surface area (Å²) in [7, 11) is 0. The highest BCUT2D eigenvalue weighted by molar-refractivity contribution is 5.79. The third-order valence-electron chi connectivity index (χ3n) is 4.26. The van der Waals surface area contributed by atoms with Gasteiger partial charge in [-0.1, -0.05) is 60.7 Å². The molecule has 0 spiro atoms. The van der Waals surface area contributed by atoms with Gasteiger partial charge in [0.05, 0.1) is 13.2 Å². The zero-order valence-electron chi connectivity index (χ0n) is 15.1. The van der Waals surface area contributed by atoms with Crippen LogP contribution in [0.4, 0.5) is 4.79 Å². The molecule has 6 heteroatoms. The first kappa shape index (κ1) is 18.9. The summed E-state index contributed by atoms with van der Waals surface area (Å²) in [4.78, 5) is 26.6. The second-order valence-electron chi connectivity index (χ2n) is 6.25. The average Bonchev–Trinajstić information content (AvgIpc) is 2.73. The molecule has 142 valence electrons. The summed E-state index contributed by atoms with van der Waals surface area (Å²) in [6, 6.07) is 18.8. The molecule has 1 amide bonds. The quantitative estimate of drug-likeness (QED) is 0.733. The van der Waals surface area contributed by atoms with Gasteiger partial charge in [0, 0.05) is 19.5 Å². The monoisotopic (exact) mass is 369 g/mol. The second-order valence-corrected chi connectivity index (χ2v) is 6.25. The SMILES string of the molecule is O=C(OCc1ccccc1)[C@H](Cc1ccccc1)OC(=O)N1CCOCC1. The number of benzene rings is 2. The Hall–Kier alpha value is -2.86. The third-order valence-corrected chi connectivity index (χ3v) is 4.26. The van der Waals surface area contributed by atoms with Crippen molar-refractivity contribution in [2.24, 2.45) is 0 Å². The number of nitrogens with zero attached hydrogens (tertiary/aromatic N) is 1. The lowest BCUT2D eigenvalue weighted by atomic mass is 10.1. The van der Waals surface area contributed by atoms with Gasteiger partial charge in [0.25, 0.3) is 0 Å². The van der Waals surface area contributed by atoms with Crippen LogP contribution in [-0.4, -0.2) is 49.4 Å². The van der Waals surface area contributed by atoms with Crippen molar-refractivity contribution in [2.45, 2.75) is 19.1 Å². The maximum atomic E-state index is 12.6. The summed E-state index contributed by atoms with van der Waals surface area (Å²) in [6.07, 6.45) is -1.24. The molecular weight excluding hydrogens is 346 g/mol. The highest BCUT2D eigenvalue weighted by Crippen LogP contribution is 2.12. The van der Waals surface area contributed by atoms with Crippen molar-refractivity contribution in [2.75, 3.05) is 26.3 Å². The van der Waals surface area contributed by atoms with Gasteiger partial charge in [-0.3, -0.25) is 0 Å². The van der Waals surface area contributed by atoms with E-state index in [-0.39, 0.29) is 13.0 Å². The number of rotatable bonds is 6. The van der Waals surface area contributed by atoms with Crippen molar-refractivity contribution < 1.29 is 23.8 Å². The molecule has 0 N–H and O–H groups in total. The van der Waals surface area contributed by atoms with E-state index in [1.165, 1.54) is 0 Å². The lowest BCUT2D eigenvalue weighted by molar-refractivity contribution is -0.155. The fourth-order valence-corrected chi connectivity index (χ4v) is 2.77. The van der Waals surface area contributed by atoms with Gasteiger partial charge in [-0.05, 0) is 11.1 Å².